The van der Waals surface area contributed by atoms with Crippen molar-refractivity contribution < 1.29 is 37.3 Å². The summed E-state index contributed by atoms with van der Waals surface area (Å²) in [5, 5.41) is 12.7. The van der Waals surface area contributed by atoms with E-state index in [2.05, 4.69) is 10.2 Å². The number of carbonyl (C=O) groups excluding carboxylic acids is 1. The molecule has 1 amide bonds. The molecule has 2 N–H and O–H groups in total. The van der Waals surface area contributed by atoms with Crippen molar-refractivity contribution in [2.45, 2.75) is 75.2 Å². The molecule has 0 radical (unpaired) electrons. The van der Waals surface area contributed by atoms with Gasteiger partial charge in [-0.25, -0.2) is 4.79 Å². The Balaban J connectivity index is 1.30. The molecule has 7 nitrogen and oxygen atoms in total. The zero-order valence-corrected chi connectivity index (χ0v) is 21.4. The highest BCUT2D eigenvalue weighted by Gasteiger charge is 2.53. The van der Waals surface area contributed by atoms with Gasteiger partial charge in [-0.1, -0.05) is 12.1 Å². The summed E-state index contributed by atoms with van der Waals surface area (Å²) in [6, 6.07) is 5.21. The van der Waals surface area contributed by atoms with E-state index in [4.69, 9.17) is 9.47 Å². The number of carboxylic acids is 1. The average Bonchev–Trinajstić information content (AvgIpc) is 3.51. The Labute approximate surface area is 219 Å². The number of likely N-dealkylation sites (tertiary alicyclic amines) is 1. The number of aryl methyl sites for hydroxylation is 1. The smallest absolute Gasteiger partial charge is 0.412 e. The van der Waals surface area contributed by atoms with Gasteiger partial charge in [0.1, 0.15) is 17.4 Å². The van der Waals surface area contributed by atoms with Gasteiger partial charge in [0.2, 0.25) is 5.91 Å². The highest BCUT2D eigenvalue weighted by Crippen LogP contribution is 2.47. The van der Waals surface area contributed by atoms with Crippen molar-refractivity contribution >= 4 is 11.9 Å². The molecule has 2 aliphatic carbocycles. The minimum Gasteiger partial charge on any atom is -0.489 e. The van der Waals surface area contributed by atoms with Crippen LogP contribution in [0, 0.1) is 6.92 Å². The van der Waals surface area contributed by atoms with Crippen LogP contribution in [0.2, 0.25) is 0 Å². The summed E-state index contributed by atoms with van der Waals surface area (Å²) in [7, 11) is 0. The summed E-state index contributed by atoms with van der Waals surface area (Å²) >= 11 is 0. The fraction of sp³-hybridized carbons (Fsp3) is 0.571. The standard InChI is InChI=1S/C28H33F3N2O5/c1-18-15-19(5-6-23(18)24(34)35)26(8-9-26)32-25(36)27(10-13-37-14-11-27)33-12-7-22(17-33)38-21-4-2-3-20(16-21)28(29,30)31/h4-6,15-16,22H,2-3,7-14,17H2,1H3,(H,32,36)(H,34,35)/t22-/m1/s1. The van der Waals surface area contributed by atoms with Crippen LogP contribution in [0.25, 0.3) is 0 Å². The fourth-order valence-electron chi connectivity index (χ4n) is 5.93. The van der Waals surface area contributed by atoms with Crippen molar-refractivity contribution in [2.75, 3.05) is 26.3 Å². The van der Waals surface area contributed by atoms with Crippen LogP contribution in [0.3, 0.4) is 0 Å². The molecule has 1 aromatic carbocycles. The molecule has 3 fully saturated rings. The van der Waals surface area contributed by atoms with E-state index in [0.29, 0.717) is 51.1 Å². The number of carbonyl (C=O) groups is 2. The number of alkyl halides is 3. The predicted molar refractivity (Wildman–Crippen MR) is 132 cm³/mol. The van der Waals surface area contributed by atoms with Crippen LogP contribution in [-0.2, 0) is 19.8 Å². The van der Waals surface area contributed by atoms with Gasteiger partial charge < -0.3 is 19.9 Å². The number of nitrogens with zero attached hydrogens (tertiary/aromatic N) is 1. The molecule has 206 valence electrons. The molecular weight excluding hydrogens is 501 g/mol. The maximum absolute atomic E-state index is 14.0. The molecule has 0 unspecified atom stereocenters. The maximum Gasteiger partial charge on any atom is 0.412 e. The van der Waals surface area contributed by atoms with Crippen molar-refractivity contribution in [1.82, 2.24) is 10.2 Å². The number of halogens is 3. The first-order chi connectivity index (χ1) is 18.0. The molecule has 0 aromatic heterocycles. The van der Waals surface area contributed by atoms with E-state index in [1.54, 1.807) is 25.1 Å². The summed E-state index contributed by atoms with van der Waals surface area (Å²) in [5.41, 5.74) is -0.108. The van der Waals surface area contributed by atoms with Crippen molar-refractivity contribution in [1.29, 1.82) is 0 Å². The predicted octanol–water partition coefficient (Wildman–Crippen LogP) is 4.61. The van der Waals surface area contributed by atoms with Crippen LogP contribution in [0.15, 0.2) is 41.7 Å². The van der Waals surface area contributed by atoms with Crippen molar-refractivity contribution in [3.63, 3.8) is 0 Å². The number of hydrogen-bond donors (Lipinski definition) is 2. The van der Waals surface area contributed by atoms with Crippen molar-refractivity contribution in [3.05, 3.63) is 58.4 Å². The monoisotopic (exact) mass is 534 g/mol. The van der Waals surface area contributed by atoms with E-state index in [0.717, 1.165) is 24.5 Å². The summed E-state index contributed by atoms with van der Waals surface area (Å²) in [4.78, 5) is 27.5. The average molecular weight is 535 g/mol. The van der Waals surface area contributed by atoms with Crippen LogP contribution in [0.4, 0.5) is 13.2 Å². The topological polar surface area (TPSA) is 88.1 Å². The van der Waals surface area contributed by atoms with Gasteiger partial charge in [-0.15, -0.1) is 0 Å². The molecule has 1 aromatic rings. The molecule has 1 atom stereocenters. The number of amides is 1. The molecule has 1 saturated carbocycles. The molecule has 38 heavy (non-hydrogen) atoms. The van der Waals surface area contributed by atoms with Gasteiger partial charge in [0, 0.05) is 31.9 Å². The van der Waals surface area contributed by atoms with Crippen LogP contribution < -0.4 is 5.32 Å². The van der Waals surface area contributed by atoms with Crippen molar-refractivity contribution in [3.8, 4) is 0 Å². The largest absolute Gasteiger partial charge is 0.489 e. The highest BCUT2D eigenvalue weighted by molar-refractivity contribution is 5.90. The van der Waals surface area contributed by atoms with Gasteiger partial charge in [-0.2, -0.15) is 13.2 Å². The van der Waals surface area contributed by atoms with E-state index < -0.39 is 28.8 Å². The number of hydrogen-bond acceptors (Lipinski definition) is 5. The van der Waals surface area contributed by atoms with E-state index in [-0.39, 0.29) is 36.2 Å². The Kier molecular flexibility index (Phi) is 7.06. The van der Waals surface area contributed by atoms with Crippen molar-refractivity contribution in [2.24, 2.45) is 0 Å². The Morgan fingerprint density at radius 1 is 1.18 bits per heavy atom. The Hall–Kier alpha value is -2.85. The summed E-state index contributed by atoms with van der Waals surface area (Å²) in [6.45, 7) is 3.68. The number of carboxylic acid groups (broad SMARTS) is 1. The summed E-state index contributed by atoms with van der Waals surface area (Å²) in [5.74, 6) is -0.822. The number of aromatic carboxylic acids is 1. The van der Waals surface area contributed by atoms with Gasteiger partial charge >= 0.3 is 12.1 Å². The lowest BCUT2D eigenvalue weighted by atomic mass is 9.86. The SMILES string of the molecule is Cc1cc(C2(NC(=O)C3(N4CC[C@@H](OC5=CCCC(C(F)(F)F)=C5)C4)CCOCC3)CC2)ccc1C(=O)O. The lowest BCUT2D eigenvalue weighted by Crippen LogP contribution is -2.62. The normalized spacial score (nSPS) is 24.8. The molecule has 0 bridgehead atoms. The van der Waals surface area contributed by atoms with Gasteiger partial charge in [-0.3, -0.25) is 9.69 Å². The summed E-state index contributed by atoms with van der Waals surface area (Å²) < 4.78 is 51.1. The lowest BCUT2D eigenvalue weighted by Gasteiger charge is -2.44. The van der Waals surface area contributed by atoms with Gasteiger partial charge in [0.05, 0.1) is 11.1 Å². The maximum atomic E-state index is 14.0. The van der Waals surface area contributed by atoms with Crippen LogP contribution in [0.5, 0.6) is 0 Å². The highest BCUT2D eigenvalue weighted by atomic mass is 19.4. The van der Waals surface area contributed by atoms with Crippen LogP contribution in [0.1, 0.15) is 66.4 Å². The quantitative estimate of drug-likeness (QED) is 0.532. The first-order valence-corrected chi connectivity index (χ1v) is 13.2. The number of benzene rings is 1. The molecule has 5 rings (SSSR count). The third-order valence-corrected chi connectivity index (χ3v) is 8.35. The minimum absolute atomic E-state index is 0.0449. The minimum atomic E-state index is -4.36. The van der Waals surface area contributed by atoms with E-state index in [1.165, 1.54) is 0 Å². The lowest BCUT2D eigenvalue weighted by molar-refractivity contribution is -0.141. The van der Waals surface area contributed by atoms with Crippen LogP contribution >= 0.6 is 0 Å². The van der Waals surface area contributed by atoms with Gasteiger partial charge in [0.15, 0.2) is 0 Å². The molecular formula is C28H33F3N2O5. The second-order valence-electron chi connectivity index (χ2n) is 10.8. The number of nitrogens with one attached hydrogen (secondary N) is 1. The van der Waals surface area contributed by atoms with Crippen LogP contribution in [-0.4, -0.2) is 66.0 Å². The third kappa shape index (κ3) is 5.20. The second kappa shape index (κ2) is 10.0. The zero-order chi connectivity index (χ0) is 27.1. The number of ether oxygens (including phenoxy) is 2. The van der Waals surface area contributed by atoms with E-state index >= 15 is 0 Å². The van der Waals surface area contributed by atoms with E-state index in [9.17, 15) is 27.9 Å². The molecule has 2 aliphatic heterocycles. The Morgan fingerprint density at radius 3 is 2.55 bits per heavy atom. The molecule has 2 heterocycles. The first-order valence-electron chi connectivity index (χ1n) is 13.2. The molecule has 2 saturated heterocycles. The second-order valence-corrected chi connectivity index (χ2v) is 10.8. The fourth-order valence-corrected chi connectivity index (χ4v) is 5.93. The summed E-state index contributed by atoms with van der Waals surface area (Å²) in [6.07, 6.45) is 1.55. The molecule has 10 heteroatoms. The molecule has 0 spiro atoms. The zero-order valence-electron chi connectivity index (χ0n) is 21.4. The van der Waals surface area contributed by atoms with E-state index in [1.807, 2.05) is 6.07 Å². The molecule has 4 aliphatic rings. The Bertz CT molecular complexity index is 1170. The third-order valence-electron chi connectivity index (χ3n) is 8.35. The Morgan fingerprint density at radius 2 is 1.92 bits per heavy atom. The van der Waals surface area contributed by atoms with Gasteiger partial charge in [-0.05, 0) is 81.2 Å². The van der Waals surface area contributed by atoms with Gasteiger partial charge in [0.25, 0.3) is 0 Å². The number of allylic oxidation sites excluding steroid dienone is 3. The first kappa shape index (κ1) is 26.7. The number of rotatable bonds is 7.